The van der Waals surface area contributed by atoms with Crippen LogP contribution >= 0.6 is 0 Å². The maximum Gasteiger partial charge on any atom is 0.239 e. The molecule has 0 saturated carbocycles. The minimum Gasteiger partial charge on any atom is -0.351 e. The Kier molecular flexibility index (Phi) is 6.89. The van der Waals surface area contributed by atoms with E-state index in [1.807, 2.05) is 0 Å². The van der Waals surface area contributed by atoms with Crippen molar-refractivity contribution in [2.45, 2.75) is 13.0 Å². The van der Waals surface area contributed by atoms with Crippen LogP contribution in [0.1, 0.15) is 6.92 Å². The van der Waals surface area contributed by atoms with E-state index in [4.69, 9.17) is 5.73 Å². The van der Waals surface area contributed by atoms with Gasteiger partial charge in [-0.15, -0.1) is 0 Å². The Balaban J connectivity index is 3.73. The Bertz CT molecular complexity index is 258. The van der Waals surface area contributed by atoms with Crippen molar-refractivity contribution in [2.24, 2.45) is 5.73 Å². The minimum atomic E-state index is -0.948. The van der Waals surface area contributed by atoms with Gasteiger partial charge in [0.25, 0.3) is 0 Å². The van der Waals surface area contributed by atoms with E-state index in [1.165, 1.54) is 0 Å². The molecule has 7 heteroatoms. The predicted molar refractivity (Wildman–Crippen MR) is 58.6 cm³/mol. The first-order valence-electron chi connectivity index (χ1n) is 4.52. The number of hydrogen-bond acceptors (Lipinski definition) is 4. The first kappa shape index (κ1) is 14.1. The summed E-state index contributed by atoms with van der Waals surface area (Å²) < 4.78 is 10.8. The van der Waals surface area contributed by atoms with Gasteiger partial charge in [-0.3, -0.25) is 13.8 Å². The van der Waals surface area contributed by atoms with Crippen molar-refractivity contribution in [3.8, 4) is 0 Å². The number of hydrogen-bond donors (Lipinski definition) is 3. The highest BCUT2D eigenvalue weighted by molar-refractivity contribution is 7.84. The Morgan fingerprint density at radius 1 is 1.40 bits per heavy atom. The molecule has 4 N–H and O–H groups in total. The van der Waals surface area contributed by atoms with Crippen LogP contribution < -0.4 is 16.4 Å². The van der Waals surface area contributed by atoms with Crippen molar-refractivity contribution in [3.05, 3.63) is 0 Å². The van der Waals surface area contributed by atoms with Crippen LogP contribution in [0.4, 0.5) is 0 Å². The molecule has 0 fully saturated rings. The molecule has 2 amide bonds. The Morgan fingerprint density at radius 3 is 2.47 bits per heavy atom. The molecule has 0 aliphatic carbocycles. The van der Waals surface area contributed by atoms with Gasteiger partial charge in [-0.25, -0.2) is 0 Å². The molecular formula is C8H17N3O3S. The second-order valence-electron chi connectivity index (χ2n) is 3.19. The van der Waals surface area contributed by atoms with Gasteiger partial charge in [0.15, 0.2) is 0 Å². The lowest BCUT2D eigenvalue weighted by molar-refractivity contribution is -0.125. The lowest BCUT2D eigenvalue weighted by Crippen LogP contribution is -2.43. The zero-order valence-electron chi connectivity index (χ0n) is 8.91. The summed E-state index contributed by atoms with van der Waals surface area (Å²) >= 11 is 0. The molecule has 0 aromatic carbocycles. The number of rotatable bonds is 6. The summed E-state index contributed by atoms with van der Waals surface area (Å²) in [5.41, 5.74) is 5.04. The molecule has 0 radical (unpaired) electrons. The first-order chi connectivity index (χ1) is 6.95. The van der Waals surface area contributed by atoms with Crippen molar-refractivity contribution in [3.63, 3.8) is 0 Å². The highest BCUT2D eigenvalue weighted by Gasteiger charge is 2.09. The first-order valence-corrected chi connectivity index (χ1v) is 6.24. The fourth-order valence-electron chi connectivity index (χ4n) is 0.971. The smallest absolute Gasteiger partial charge is 0.239 e. The number of amides is 2. The molecule has 0 aromatic rings. The summed E-state index contributed by atoms with van der Waals surface area (Å²) in [6.45, 7) is 1.52. The van der Waals surface area contributed by atoms with Gasteiger partial charge in [0.05, 0.1) is 13.1 Å². The van der Waals surface area contributed by atoms with Gasteiger partial charge in [0.2, 0.25) is 11.8 Å². The SMILES string of the molecule is CC(CS(C)=O)NC(=O)CNC(=O)CN. The number of nitrogens with one attached hydrogen (secondary N) is 2. The normalized spacial score (nSPS) is 14.1. The van der Waals surface area contributed by atoms with Crippen LogP contribution in [0, 0.1) is 0 Å². The molecule has 0 aliphatic rings. The average molecular weight is 235 g/mol. The third-order valence-electron chi connectivity index (χ3n) is 1.52. The van der Waals surface area contributed by atoms with Crippen molar-refractivity contribution < 1.29 is 13.8 Å². The molecule has 0 rings (SSSR count). The van der Waals surface area contributed by atoms with Crippen molar-refractivity contribution in [1.82, 2.24) is 10.6 Å². The average Bonchev–Trinajstić information content (AvgIpc) is 2.12. The zero-order chi connectivity index (χ0) is 11.8. The van der Waals surface area contributed by atoms with E-state index < -0.39 is 10.8 Å². The Hall–Kier alpha value is -0.950. The quantitative estimate of drug-likeness (QED) is 0.493. The van der Waals surface area contributed by atoms with E-state index >= 15 is 0 Å². The van der Waals surface area contributed by atoms with Crippen molar-refractivity contribution in [2.75, 3.05) is 25.1 Å². The van der Waals surface area contributed by atoms with Crippen LogP contribution in [-0.2, 0) is 20.4 Å². The second kappa shape index (κ2) is 7.36. The van der Waals surface area contributed by atoms with Crippen molar-refractivity contribution >= 4 is 22.6 Å². The maximum atomic E-state index is 11.2. The fraction of sp³-hybridized carbons (Fsp3) is 0.750. The van der Waals surface area contributed by atoms with Gasteiger partial charge >= 0.3 is 0 Å². The molecule has 0 heterocycles. The van der Waals surface area contributed by atoms with Gasteiger partial charge in [-0.05, 0) is 6.92 Å². The van der Waals surface area contributed by atoms with Gasteiger partial charge in [0, 0.05) is 28.9 Å². The Morgan fingerprint density at radius 2 is 2.00 bits per heavy atom. The topological polar surface area (TPSA) is 101 Å². The molecule has 0 bridgehead atoms. The zero-order valence-corrected chi connectivity index (χ0v) is 9.73. The molecule has 0 aromatic heterocycles. The number of carbonyl (C=O) groups is 2. The third-order valence-corrected chi connectivity index (χ3v) is 2.49. The molecule has 0 spiro atoms. The predicted octanol–water partition coefficient (Wildman–Crippen LogP) is -2.06. The summed E-state index contributed by atoms with van der Waals surface area (Å²) in [7, 11) is -0.948. The molecule has 2 unspecified atom stereocenters. The van der Waals surface area contributed by atoms with E-state index in [-0.39, 0.29) is 30.9 Å². The van der Waals surface area contributed by atoms with E-state index in [1.54, 1.807) is 13.2 Å². The standard InChI is InChI=1S/C8H17N3O3S/c1-6(5-15(2)14)11-8(13)4-10-7(12)3-9/h6H,3-5,9H2,1-2H3,(H,10,12)(H,11,13). The fourth-order valence-corrected chi connectivity index (χ4v) is 1.76. The third kappa shape index (κ3) is 8.07. The highest BCUT2D eigenvalue weighted by Crippen LogP contribution is 1.85. The highest BCUT2D eigenvalue weighted by atomic mass is 32.2. The number of carbonyl (C=O) groups excluding carboxylic acids is 2. The van der Waals surface area contributed by atoms with Gasteiger partial charge in [-0.1, -0.05) is 0 Å². The molecule has 15 heavy (non-hydrogen) atoms. The summed E-state index contributed by atoms with van der Waals surface area (Å²) in [6.07, 6.45) is 1.57. The second-order valence-corrected chi connectivity index (χ2v) is 4.67. The summed E-state index contributed by atoms with van der Waals surface area (Å²) in [4.78, 5) is 21.9. The van der Waals surface area contributed by atoms with Crippen LogP contribution in [0.25, 0.3) is 0 Å². The summed E-state index contributed by atoms with van der Waals surface area (Å²) in [5.74, 6) is -0.289. The number of nitrogens with two attached hydrogens (primary N) is 1. The summed E-state index contributed by atoms with van der Waals surface area (Å²) in [5, 5.41) is 4.94. The van der Waals surface area contributed by atoms with Crippen LogP contribution in [0.5, 0.6) is 0 Å². The van der Waals surface area contributed by atoms with Crippen LogP contribution in [0.15, 0.2) is 0 Å². The van der Waals surface area contributed by atoms with E-state index in [9.17, 15) is 13.8 Å². The van der Waals surface area contributed by atoms with Gasteiger partial charge in [0.1, 0.15) is 0 Å². The van der Waals surface area contributed by atoms with Gasteiger partial charge in [-0.2, -0.15) is 0 Å². The van der Waals surface area contributed by atoms with Crippen molar-refractivity contribution in [1.29, 1.82) is 0 Å². The molecule has 6 nitrogen and oxygen atoms in total. The van der Waals surface area contributed by atoms with E-state index in [0.29, 0.717) is 5.75 Å². The lowest BCUT2D eigenvalue weighted by atomic mass is 10.4. The molecule has 0 saturated heterocycles. The Labute approximate surface area is 91.4 Å². The maximum absolute atomic E-state index is 11.2. The van der Waals surface area contributed by atoms with E-state index in [0.717, 1.165) is 0 Å². The van der Waals surface area contributed by atoms with Crippen LogP contribution in [-0.4, -0.2) is 47.2 Å². The lowest BCUT2D eigenvalue weighted by Gasteiger charge is -2.12. The van der Waals surface area contributed by atoms with Gasteiger partial charge < -0.3 is 16.4 Å². The summed E-state index contributed by atoms with van der Waals surface area (Å²) in [6, 6.07) is -0.168. The largest absolute Gasteiger partial charge is 0.351 e. The molecule has 2 atom stereocenters. The molecule has 88 valence electrons. The van der Waals surface area contributed by atoms with Crippen LogP contribution in [0.2, 0.25) is 0 Å². The van der Waals surface area contributed by atoms with Crippen LogP contribution in [0.3, 0.4) is 0 Å². The molecular weight excluding hydrogens is 218 g/mol. The van der Waals surface area contributed by atoms with E-state index in [2.05, 4.69) is 10.6 Å². The monoisotopic (exact) mass is 235 g/mol. The minimum absolute atomic E-state index is 0.100. The molecule has 0 aliphatic heterocycles.